The Labute approximate surface area is 180 Å². The van der Waals surface area contributed by atoms with Gasteiger partial charge >= 0.3 is 0 Å². The first-order valence-corrected chi connectivity index (χ1v) is 12.4. The highest BCUT2D eigenvalue weighted by Gasteiger charge is 2.28. The number of nitrogens with zero attached hydrogens (tertiary/aromatic N) is 3. The van der Waals surface area contributed by atoms with Gasteiger partial charge in [-0.15, -0.1) is 0 Å². The Morgan fingerprint density at radius 2 is 1.83 bits per heavy atom. The van der Waals surface area contributed by atoms with E-state index < -0.39 is 9.84 Å². The molecule has 1 aromatic heterocycles. The fraction of sp³-hybridized carbons (Fsp3) is 0.429. The summed E-state index contributed by atoms with van der Waals surface area (Å²) < 4.78 is 24.9. The highest BCUT2D eigenvalue weighted by molar-refractivity contribution is 9.10. The zero-order valence-electron chi connectivity index (χ0n) is 16.6. The van der Waals surface area contributed by atoms with Crippen molar-refractivity contribution in [3.8, 4) is 0 Å². The Kier molecular flexibility index (Phi) is 5.42. The van der Waals surface area contributed by atoms with Gasteiger partial charge in [0.1, 0.15) is 5.82 Å². The predicted molar refractivity (Wildman–Crippen MR) is 116 cm³/mol. The summed E-state index contributed by atoms with van der Waals surface area (Å²) in [7, 11) is -3.50. The summed E-state index contributed by atoms with van der Waals surface area (Å²) in [6.07, 6.45) is 5.63. The molecule has 0 atom stereocenters. The summed E-state index contributed by atoms with van der Waals surface area (Å²) in [6, 6.07) is 7.01. The molecule has 2 aromatic rings. The SMILES string of the molecule is Cc1cc(C2CC2)cnc1N1CCN(C(=O)c2ccc(Br)cc2S(C)(=O)=O)CC1. The van der Waals surface area contributed by atoms with Crippen LogP contribution in [0.5, 0.6) is 0 Å². The molecule has 8 heteroatoms. The lowest BCUT2D eigenvalue weighted by Gasteiger charge is -2.36. The normalized spacial score (nSPS) is 17.5. The van der Waals surface area contributed by atoms with Gasteiger partial charge in [0.15, 0.2) is 9.84 Å². The third-order valence-electron chi connectivity index (χ3n) is 5.56. The lowest BCUT2D eigenvalue weighted by atomic mass is 10.1. The van der Waals surface area contributed by atoms with Crippen LogP contribution >= 0.6 is 15.9 Å². The largest absolute Gasteiger partial charge is 0.353 e. The molecule has 2 aliphatic rings. The van der Waals surface area contributed by atoms with E-state index in [1.807, 2.05) is 6.20 Å². The number of aryl methyl sites for hydroxylation is 1. The number of carbonyl (C=O) groups excluding carboxylic acids is 1. The van der Waals surface area contributed by atoms with Crippen LogP contribution in [0.15, 0.2) is 39.8 Å². The van der Waals surface area contributed by atoms with Gasteiger partial charge in [-0.1, -0.05) is 22.0 Å². The number of hydrogen-bond donors (Lipinski definition) is 0. The molecule has 4 rings (SSSR count). The number of carbonyl (C=O) groups is 1. The molecule has 6 nitrogen and oxygen atoms in total. The summed E-state index contributed by atoms with van der Waals surface area (Å²) in [5.41, 5.74) is 2.72. The van der Waals surface area contributed by atoms with E-state index in [0.29, 0.717) is 36.6 Å². The maximum atomic E-state index is 13.0. The number of aromatic nitrogens is 1. The Morgan fingerprint density at radius 3 is 2.41 bits per heavy atom. The maximum absolute atomic E-state index is 13.0. The first-order valence-electron chi connectivity index (χ1n) is 9.74. The van der Waals surface area contributed by atoms with Crippen LogP contribution in [0, 0.1) is 6.92 Å². The van der Waals surface area contributed by atoms with Crippen LogP contribution in [-0.2, 0) is 9.84 Å². The maximum Gasteiger partial charge on any atom is 0.255 e. The molecule has 1 aromatic carbocycles. The Bertz CT molecular complexity index is 1060. The number of piperazine rings is 1. The van der Waals surface area contributed by atoms with Gasteiger partial charge in [0.05, 0.1) is 10.5 Å². The molecule has 154 valence electrons. The molecule has 1 saturated carbocycles. The molecule has 0 spiro atoms. The Morgan fingerprint density at radius 1 is 1.14 bits per heavy atom. The second kappa shape index (κ2) is 7.72. The summed E-state index contributed by atoms with van der Waals surface area (Å²) in [5.74, 6) is 1.41. The molecule has 2 fully saturated rings. The predicted octanol–water partition coefficient (Wildman–Crippen LogP) is 3.40. The van der Waals surface area contributed by atoms with Crippen molar-refractivity contribution in [2.45, 2.75) is 30.6 Å². The van der Waals surface area contributed by atoms with Crippen molar-refractivity contribution in [3.05, 3.63) is 51.6 Å². The van der Waals surface area contributed by atoms with E-state index in [4.69, 9.17) is 0 Å². The van der Waals surface area contributed by atoms with Crippen molar-refractivity contribution < 1.29 is 13.2 Å². The van der Waals surface area contributed by atoms with E-state index in [2.05, 4.69) is 38.8 Å². The lowest BCUT2D eigenvalue weighted by Crippen LogP contribution is -2.49. The van der Waals surface area contributed by atoms with Crippen molar-refractivity contribution >= 4 is 37.5 Å². The van der Waals surface area contributed by atoms with E-state index in [1.54, 1.807) is 17.0 Å². The number of amides is 1. The van der Waals surface area contributed by atoms with Crippen LogP contribution in [0.2, 0.25) is 0 Å². The van der Waals surface area contributed by atoms with Gasteiger partial charge < -0.3 is 9.80 Å². The summed E-state index contributed by atoms with van der Waals surface area (Å²) in [6.45, 7) is 4.50. The zero-order chi connectivity index (χ0) is 20.8. The summed E-state index contributed by atoms with van der Waals surface area (Å²) in [4.78, 5) is 21.7. The number of hydrogen-bond acceptors (Lipinski definition) is 5. The third-order valence-corrected chi connectivity index (χ3v) is 7.19. The van der Waals surface area contributed by atoms with Gasteiger partial charge in [0, 0.05) is 43.1 Å². The molecule has 0 unspecified atom stereocenters. The third kappa shape index (κ3) is 4.33. The number of rotatable bonds is 4. The van der Waals surface area contributed by atoms with Gasteiger partial charge in [-0.05, 0) is 55.0 Å². The van der Waals surface area contributed by atoms with E-state index in [0.717, 1.165) is 12.1 Å². The fourth-order valence-corrected chi connectivity index (χ4v) is 5.24. The van der Waals surface area contributed by atoms with Crippen LogP contribution in [0.25, 0.3) is 0 Å². The van der Waals surface area contributed by atoms with Crippen LogP contribution in [0.1, 0.15) is 40.2 Å². The molecule has 1 aliphatic heterocycles. The second-order valence-corrected chi connectivity index (χ2v) is 10.8. The molecular weight excluding hydrogens is 454 g/mol. The molecule has 1 amide bonds. The molecule has 2 heterocycles. The zero-order valence-corrected chi connectivity index (χ0v) is 19.0. The average Bonchev–Trinajstić information content (AvgIpc) is 3.52. The highest BCUT2D eigenvalue weighted by atomic mass is 79.9. The van der Waals surface area contributed by atoms with Crippen molar-refractivity contribution in [3.63, 3.8) is 0 Å². The molecule has 1 saturated heterocycles. The van der Waals surface area contributed by atoms with Crippen molar-refractivity contribution in [2.75, 3.05) is 37.3 Å². The minimum atomic E-state index is -3.50. The van der Waals surface area contributed by atoms with Crippen molar-refractivity contribution in [2.24, 2.45) is 0 Å². The standard InChI is InChI=1S/C21H24BrN3O3S/c1-14-11-16(15-3-4-15)13-23-20(14)24-7-9-25(10-8-24)21(26)18-6-5-17(22)12-19(18)29(2,27)28/h5-6,11-13,15H,3-4,7-10H2,1-2H3. The van der Waals surface area contributed by atoms with Gasteiger partial charge in [-0.3, -0.25) is 4.79 Å². The number of benzene rings is 1. The second-order valence-electron chi connectivity index (χ2n) is 7.88. The van der Waals surface area contributed by atoms with Crippen LogP contribution in [0.4, 0.5) is 5.82 Å². The molecule has 1 aliphatic carbocycles. The average molecular weight is 478 g/mol. The van der Waals surface area contributed by atoms with E-state index in [-0.39, 0.29) is 16.4 Å². The van der Waals surface area contributed by atoms with Crippen molar-refractivity contribution in [1.82, 2.24) is 9.88 Å². The summed E-state index contributed by atoms with van der Waals surface area (Å²) >= 11 is 3.29. The Hall–Kier alpha value is -1.93. The van der Waals surface area contributed by atoms with E-state index in [1.165, 1.54) is 30.0 Å². The van der Waals surface area contributed by atoms with Gasteiger partial charge in [-0.25, -0.2) is 13.4 Å². The molecule has 0 N–H and O–H groups in total. The number of pyridine rings is 1. The van der Waals surface area contributed by atoms with Crippen LogP contribution in [-0.4, -0.2) is 56.6 Å². The quantitative estimate of drug-likeness (QED) is 0.674. The minimum Gasteiger partial charge on any atom is -0.353 e. The fourth-order valence-electron chi connectivity index (χ4n) is 3.83. The van der Waals surface area contributed by atoms with Crippen LogP contribution in [0.3, 0.4) is 0 Å². The highest BCUT2D eigenvalue weighted by Crippen LogP contribution is 2.40. The van der Waals surface area contributed by atoms with Crippen molar-refractivity contribution in [1.29, 1.82) is 0 Å². The first-order chi connectivity index (χ1) is 13.7. The number of halogens is 1. The molecule has 29 heavy (non-hydrogen) atoms. The smallest absolute Gasteiger partial charge is 0.255 e. The topological polar surface area (TPSA) is 70.6 Å². The molecular formula is C21H24BrN3O3S. The monoisotopic (exact) mass is 477 g/mol. The van der Waals surface area contributed by atoms with Gasteiger partial charge in [0.2, 0.25) is 0 Å². The lowest BCUT2D eigenvalue weighted by molar-refractivity contribution is 0.0742. The number of sulfone groups is 1. The van der Waals surface area contributed by atoms with Gasteiger partial charge in [0.25, 0.3) is 5.91 Å². The number of anilines is 1. The first kappa shape index (κ1) is 20.3. The molecule has 0 bridgehead atoms. The Balaban J connectivity index is 1.48. The minimum absolute atomic E-state index is 0.0625. The van der Waals surface area contributed by atoms with Gasteiger partial charge in [-0.2, -0.15) is 0 Å². The van der Waals surface area contributed by atoms with E-state index in [9.17, 15) is 13.2 Å². The van der Waals surface area contributed by atoms with E-state index >= 15 is 0 Å². The summed E-state index contributed by atoms with van der Waals surface area (Å²) in [5, 5.41) is 0. The molecule has 0 radical (unpaired) electrons. The van der Waals surface area contributed by atoms with Crippen LogP contribution < -0.4 is 4.90 Å².